The molecule has 3 aliphatic rings. The standard InChI is InChI=1S/C28H38N6O8S2/c1-15-11-29-20(16(2)23(15)40-9)12-33-30-19-10-17(14-44(37,38)39)18-13-43-32-24(22(31-33)21(18)19)34(25(35)41-27(3,4)5)26(36)42-28(6,7)8/h11,17H,10,12-14H2,1-9H3,(H,37,38,39)/p-1. The molecule has 1 unspecified atom stereocenters. The lowest BCUT2D eigenvalue weighted by atomic mass is 10.0. The van der Waals surface area contributed by atoms with Gasteiger partial charge in [0.15, 0.2) is 5.84 Å². The highest BCUT2D eigenvalue weighted by atomic mass is 32.2. The topological polar surface area (TPSA) is 175 Å². The Morgan fingerprint density at radius 3 is 2.25 bits per heavy atom. The first-order valence-electron chi connectivity index (χ1n) is 13.8. The number of nitrogens with zero attached hydrogens (tertiary/aromatic N) is 6. The molecule has 2 aliphatic heterocycles. The third kappa shape index (κ3) is 7.58. The molecule has 14 nitrogen and oxygen atoms in total. The molecule has 0 saturated carbocycles. The smallest absolute Gasteiger partial charge is 0.425 e. The molecule has 240 valence electrons. The van der Waals surface area contributed by atoms with Gasteiger partial charge >= 0.3 is 12.2 Å². The number of aromatic nitrogens is 1. The van der Waals surface area contributed by atoms with Gasteiger partial charge in [-0.2, -0.15) is 24.6 Å². The molecule has 1 aromatic rings. The van der Waals surface area contributed by atoms with Crippen molar-refractivity contribution in [3.8, 4) is 5.75 Å². The van der Waals surface area contributed by atoms with Crippen molar-refractivity contribution in [2.75, 3.05) is 18.6 Å². The Hall–Kier alpha value is -3.50. The Labute approximate surface area is 261 Å². The van der Waals surface area contributed by atoms with Crippen molar-refractivity contribution in [1.29, 1.82) is 0 Å². The van der Waals surface area contributed by atoms with Crippen LogP contribution in [-0.2, 0) is 26.1 Å². The Morgan fingerprint density at radius 1 is 1.09 bits per heavy atom. The summed E-state index contributed by atoms with van der Waals surface area (Å²) in [4.78, 5) is 32.4. The third-order valence-corrected chi connectivity index (χ3v) is 8.18. The van der Waals surface area contributed by atoms with Crippen molar-refractivity contribution in [1.82, 2.24) is 15.0 Å². The van der Waals surface area contributed by atoms with E-state index in [0.717, 1.165) is 23.1 Å². The summed E-state index contributed by atoms with van der Waals surface area (Å²) in [7, 11) is -3.03. The van der Waals surface area contributed by atoms with Crippen LogP contribution < -0.4 is 4.74 Å². The molecule has 1 atom stereocenters. The van der Waals surface area contributed by atoms with E-state index in [9.17, 15) is 22.6 Å². The summed E-state index contributed by atoms with van der Waals surface area (Å²) in [5.41, 5.74) is 1.83. The lowest BCUT2D eigenvalue weighted by Crippen LogP contribution is -2.50. The molecule has 0 fully saturated rings. The Morgan fingerprint density at radius 2 is 1.70 bits per heavy atom. The highest BCUT2D eigenvalue weighted by Crippen LogP contribution is 2.40. The minimum absolute atomic E-state index is 0.0713. The summed E-state index contributed by atoms with van der Waals surface area (Å²) in [6.45, 7) is 13.7. The van der Waals surface area contributed by atoms with Crippen molar-refractivity contribution in [2.24, 2.45) is 20.5 Å². The second-order valence-electron chi connectivity index (χ2n) is 12.6. The Bertz CT molecular complexity index is 1570. The number of amides is 2. The van der Waals surface area contributed by atoms with E-state index in [0.29, 0.717) is 33.2 Å². The number of aryl methyl sites for hydroxylation is 1. The van der Waals surface area contributed by atoms with Gasteiger partial charge < -0.3 is 18.8 Å². The van der Waals surface area contributed by atoms with Crippen LogP contribution in [0.25, 0.3) is 0 Å². The van der Waals surface area contributed by atoms with Crippen LogP contribution in [0.5, 0.6) is 5.75 Å². The van der Waals surface area contributed by atoms with Crippen molar-refractivity contribution < 1.29 is 36.8 Å². The van der Waals surface area contributed by atoms with E-state index >= 15 is 0 Å². The number of hydrazone groups is 2. The van der Waals surface area contributed by atoms with Gasteiger partial charge in [0.2, 0.25) is 0 Å². The number of hydrogen-bond acceptors (Lipinski definition) is 14. The highest BCUT2D eigenvalue weighted by molar-refractivity contribution is 7.98. The fraction of sp³-hybridized carbons (Fsp3) is 0.571. The van der Waals surface area contributed by atoms with E-state index in [1.807, 2.05) is 13.8 Å². The molecule has 44 heavy (non-hydrogen) atoms. The Balaban J connectivity index is 1.87. The lowest BCUT2D eigenvalue weighted by molar-refractivity contribution is 0.0151. The lowest BCUT2D eigenvalue weighted by Gasteiger charge is -2.30. The summed E-state index contributed by atoms with van der Waals surface area (Å²) in [6, 6.07) is 0. The number of imide groups is 1. The zero-order valence-electron chi connectivity index (χ0n) is 26.2. The van der Waals surface area contributed by atoms with Crippen LogP contribution in [0, 0.1) is 19.8 Å². The molecule has 0 radical (unpaired) electrons. The van der Waals surface area contributed by atoms with Crippen LogP contribution in [-0.4, -0.2) is 87.2 Å². The molecule has 0 saturated heterocycles. The molecular weight excluding hydrogens is 612 g/mol. The quantitative estimate of drug-likeness (QED) is 0.328. The second-order valence-corrected chi connectivity index (χ2v) is 14.8. The summed E-state index contributed by atoms with van der Waals surface area (Å²) >= 11 is 0.985. The van der Waals surface area contributed by atoms with Crippen LogP contribution in [0.15, 0.2) is 31.9 Å². The molecule has 0 N–H and O–H groups in total. The number of methoxy groups -OCH3 is 1. The molecule has 1 aliphatic carbocycles. The van der Waals surface area contributed by atoms with Gasteiger partial charge in [-0.25, -0.2) is 18.0 Å². The van der Waals surface area contributed by atoms with Crippen LogP contribution in [0.4, 0.5) is 9.59 Å². The maximum absolute atomic E-state index is 13.6. The second kappa shape index (κ2) is 12.1. The van der Waals surface area contributed by atoms with Crippen molar-refractivity contribution in [3.05, 3.63) is 34.2 Å². The fourth-order valence-electron chi connectivity index (χ4n) is 4.96. The van der Waals surface area contributed by atoms with Gasteiger partial charge in [0.25, 0.3) is 0 Å². The average molecular weight is 650 g/mol. The van der Waals surface area contributed by atoms with E-state index in [4.69, 9.17) is 19.3 Å². The van der Waals surface area contributed by atoms with E-state index in [2.05, 4.69) is 14.5 Å². The third-order valence-electron chi connectivity index (χ3n) is 6.62. The number of ether oxygens (including phenoxy) is 3. The van der Waals surface area contributed by atoms with Crippen LogP contribution >= 0.6 is 11.9 Å². The number of rotatable bonds is 5. The van der Waals surface area contributed by atoms with Crippen LogP contribution in [0.1, 0.15) is 64.8 Å². The number of pyridine rings is 1. The van der Waals surface area contributed by atoms with E-state index in [-0.39, 0.29) is 30.3 Å². The molecule has 2 amide bonds. The van der Waals surface area contributed by atoms with Crippen molar-refractivity contribution >= 4 is 51.5 Å². The number of carbonyl (C=O) groups is 2. The maximum atomic E-state index is 13.6. The maximum Gasteiger partial charge on any atom is 0.425 e. The number of carbonyl (C=O) groups excluding carboxylic acids is 2. The normalized spacial score (nSPS) is 18.5. The minimum atomic E-state index is -4.60. The Kier molecular flexibility index (Phi) is 9.20. The van der Waals surface area contributed by atoms with Crippen LogP contribution in [0.2, 0.25) is 0 Å². The minimum Gasteiger partial charge on any atom is -0.748 e. The molecule has 1 aromatic heterocycles. The molecule has 4 rings (SSSR count). The SMILES string of the molecule is COc1c(C)cnc(CN2N=C3CC(CS(=O)(=O)[O-])C4=C3C(=N2)C(N(C(=O)OC(C)(C)C)C(=O)OC(C)(C)C)=NSC4)c1C. The van der Waals surface area contributed by atoms with E-state index in [1.165, 1.54) is 5.12 Å². The van der Waals surface area contributed by atoms with Gasteiger partial charge in [-0.3, -0.25) is 4.98 Å². The number of amidine groups is 1. The first kappa shape index (κ1) is 33.4. The molecule has 0 spiro atoms. The van der Waals surface area contributed by atoms with Crippen molar-refractivity contribution in [3.63, 3.8) is 0 Å². The van der Waals surface area contributed by atoms with Gasteiger partial charge in [-0.15, -0.1) is 0 Å². The summed E-state index contributed by atoms with van der Waals surface area (Å²) < 4.78 is 56.7. The zero-order valence-corrected chi connectivity index (χ0v) is 27.9. The van der Waals surface area contributed by atoms with E-state index in [1.54, 1.807) is 54.8 Å². The predicted molar refractivity (Wildman–Crippen MR) is 165 cm³/mol. The largest absolute Gasteiger partial charge is 0.748 e. The van der Waals surface area contributed by atoms with Gasteiger partial charge in [0, 0.05) is 40.3 Å². The van der Waals surface area contributed by atoms with E-state index < -0.39 is 45.2 Å². The molecule has 16 heteroatoms. The van der Waals surface area contributed by atoms with Gasteiger partial charge in [-0.1, -0.05) is 0 Å². The van der Waals surface area contributed by atoms with Gasteiger partial charge in [-0.05, 0) is 79.3 Å². The average Bonchev–Trinajstić information content (AvgIpc) is 3.05. The summed E-state index contributed by atoms with van der Waals surface area (Å²) in [6.07, 6.45) is -0.267. The predicted octanol–water partition coefficient (Wildman–Crippen LogP) is 4.33. The van der Waals surface area contributed by atoms with Crippen LogP contribution in [0.3, 0.4) is 0 Å². The van der Waals surface area contributed by atoms with Crippen molar-refractivity contribution in [2.45, 2.75) is 79.6 Å². The van der Waals surface area contributed by atoms with Gasteiger partial charge in [0.1, 0.15) is 29.2 Å². The monoisotopic (exact) mass is 649 g/mol. The molecule has 0 aromatic carbocycles. The summed E-state index contributed by atoms with van der Waals surface area (Å²) in [5.74, 6) is -0.660. The highest BCUT2D eigenvalue weighted by Gasteiger charge is 2.45. The molecule has 3 heterocycles. The zero-order chi connectivity index (χ0) is 32.8. The first-order chi connectivity index (χ1) is 20.3. The van der Waals surface area contributed by atoms with Gasteiger partial charge in [0.05, 0.1) is 28.6 Å². The molecule has 0 bridgehead atoms. The molecular formula is C28H37N6O8S2-. The number of hydrogen-bond donors (Lipinski definition) is 0. The first-order valence-corrected chi connectivity index (χ1v) is 16.4. The summed E-state index contributed by atoms with van der Waals surface area (Å²) in [5, 5.41) is 10.7. The fourth-order valence-corrected chi connectivity index (χ4v) is 6.64.